The Kier molecular flexibility index (Phi) is 4.86. The van der Waals surface area contributed by atoms with Crippen LogP contribution in [0.1, 0.15) is 12.5 Å². The normalized spacial score (nSPS) is 12.2. The molecule has 1 aromatic carbocycles. The first-order chi connectivity index (χ1) is 8.04. The molecule has 0 saturated heterocycles. The molecule has 0 bridgehead atoms. The molecule has 6 nitrogen and oxygen atoms in total. The van der Waals surface area contributed by atoms with E-state index in [-0.39, 0.29) is 18.0 Å². The molecular formula is C11H16N2O4. The highest BCUT2D eigenvalue weighted by molar-refractivity contribution is 5.48. The number of ether oxygens (including phenoxy) is 1. The van der Waals surface area contributed by atoms with Crippen molar-refractivity contribution in [3.05, 3.63) is 33.9 Å². The first kappa shape index (κ1) is 13.4. The molecule has 0 aliphatic carbocycles. The Morgan fingerprint density at radius 2 is 2.29 bits per heavy atom. The minimum atomic E-state index is -0.664. The maximum absolute atomic E-state index is 10.8. The van der Waals surface area contributed by atoms with Gasteiger partial charge in [0.2, 0.25) is 0 Å². The molecule has 94 valence electrons. The molecule has 0 saturated carbocycles. The second-order valence-electron chi connectivity index (χ2n) is 3.75. The highest BCUT2D eigenvalue weighted by Crippen LogP contribution is 2.28. The molecular weight excluding hydrogens is 224 g/mol. The molecule has 0 aliphatic heterocycles. The number of aliphatic hydroxyl groups excluding tert-OH is 1. The maximum Gasteiger partial charge on any atom is 0.310 e. The van der Waals surface area contributed by atoms with Gasteiger partial charge in [0, 0.05) is 12.6 Å². The number of benzene rings is 1. The Hall–Kier alpha value is -1.66. The fourth-order valence-corrected chi connectivity index (χ4v) is 1.35. The Morgan fingerprint density at radius 1 is 1.59 bits per heavy atom. The van der Waals surface area contributed by atoms with Crippen LogP contribution in [0.15, 0.2) is 18.2 Å². The Bertz CT molecular complexity index is 393. The quantitative estimate of drug-likeness (QED) is 0.574. The van der Waals surface area contributed by atoms with Gasteiger partial charge < -0.3 is 15.2 Å². The number of rotatable bonds is 6. The topological polar surface area (TPSA) is 84.6 Å². The molecule has 0 amide bonds. The van der Waals surface area contributed by atoms with E-state index < -0.39 is 11.0 Å². The summed E-state index contributed by atoms with van der Waals surface area (Å²) < 4.78 is 5.23. The van der Waals surface area contributed by atoms with Crippen molar-refractivity contribution < 1.29 is 14.8 Å². The van der Waals surface area contributed by atoms with Gasteiger partial charge in [-0.15, -0.1) is 0 Å². The molecule has 0 fully saturated rings. The van der Waals surface area contributed by atoms with Gasteiger partial charge in [-0.2, -0.15) is 0 Å². The summed E-state index contributed by atoms with van der Waals surface area (Å²) in [7, 11) is 1.79. The van der Waals surface area contributed by atoms with Gasteiger partial charge >= 0.3 is 5.69 Å². The maximum atomic E-state index is 10.8. The van der Waals surface area contributed by atoms with Crippen LogP contribution in [0.4, 0.5) is 5.69 Å². The van der Waals surface area contributed by atoms with Crippen molar-refractivity contribution in [2.75, 3.05) is 13.7 Å². The van der Waals surface area contributed by atoms with Crippen LogP contribution in [0.5, 0.6) is 5.75 Å². The molecule has 0 aromatic heterocycles. The molecule has 1 aromatic rings. The second kappa shape index (κ2) is 6.17. The van der Waals surface area contributed by atoms with E-state index in [2.05, 4.69) is 5.32 Å². The van der Waals surface area contributed by atoms with Crippen LogP contribution < -0.4 is 10.1 Å². The average Bonchev–Trinajstić information content (AvgIpc) is 2.26. The summed E-state index contributed by atoms with van der Waals surface area (Å²) >= 11 is 0. The fourth-order valence-electron chi connectivity index (χ4n) is 1.35. The first-order valence-corrected chi connectivity index (χ1v) is 5.27. The summed E-state index contributed by atoms with van der Waals surface area (Å²) in [5.41, 5.74) is 0.796. The number of hydrogen-bond acceptors (Lipinski definition) is 5. The summed E-state index contributed by atoms with van der Waals surface area (Å²) in [6.07, 6.45) is -0.664. The monoisotopic (exact) mass is 240 g/mol. The number of aliphatic hydroxyl groups is 1. The number of nitro groups is 1. The zero-order chi connectivity index (χ0) is 12.8. The van der Waals surface area contributed by atoms with Crippen molar-refractivity contribution in [3.8, 4) is 5.75 Å². The van der Waals surface area contributed by atoms with Crippen molar-refractivity contribution in [1.82, 2.24) is 5.32 Å². The van der Waals surface area contributed by atoms with Crippen molar-refractivity contribution >= 4 is 5.69 Å². The zero-order valence-corrected chi connectivity index (χ0v) is 9.84. The first-order valence-electron chi connectivity index (χ1n) is 5.27. The van der Waals surface area contributed by atoms with Gasteiger partial charge in [-0.25, -0.2) is 0 Å². The van der Waals surface area contributed by atoms with Crippen LogP contribution in [-0.4, -0.2) is 29.8 Å². The molecule has 2 N–H and O–H groups in total. The number of nitrogens with one attached hydrogen (secondary N) is 1. The van der Waals surface area contributed by atoms with Gasteiger partial charge in [-0.1, -0.05) is 6.07 Å². The highest BCUT2D eigenvalue weighted by Gasteiger charge is 2.16. The largest absolute Gasteiger partial charge is 0.484 e. The highest BCUT2D eigenvalue weighted by atomic mass is 16.6. The Morgan fingerprint density at radius 3 is 2.82 bits per heavy atom. The summed E-state index contributed by atoms with van der Waals surface area (Å²) in [4.78, 5) is 10.3. The van der Waals surface area contributed by atoms with Gasteiger partial charge in [0.05, 0.1) is 11.0 Å². The lowest BCUT2D eigenvalue weighted by molar-refractivity contribution is -0.385. The molecule has 0 spiro atoms. The van der Waals surface area contributed by atoms with E-state index in [0.717, 1.165) is 5.56 Å². The summed E-state index contributed by atoms with van der Waals surface area (Å²) in [6.45, 7) is 2.19. The van der Waals surface area contributed by atoms with E-state index in [9.17, 15) is 10.1 Å². The summed E-state index contributed by atoms with van der Waals surface area (Å²) in [6, 6.07) is 4.69. The SMILES string of the molecule is CNCc1ccc([N+](=O)[O-])c(OCC(C)O)c1. The fraction of sp³-hybridized carbons (Fsp3) is 0.455. The van der Waals surface area contributed by atoms with E-state index in [1.165, 1.54) is 6.07 Å². The molecule has 0 aliphatic rings. The predicted octanol–water partition coefficient (Wildman–Crippen LogP) is 1.07. The third-order valence-electron chi connectivity index (χ3n) is 2.08. The van der Waals surface area contributed by atoms with Gasteiger partial charge in [-0.3, -0.25) is 10.1 Å². The van der Waals surface area contributed by atoms with Gasteiger partial charge in [0.1, 0.15) is 6.61 Å². The molecule has 1 rings (SSSR count). The van der Waals surface area contributed by atoms with Crippen molar-refractivity contribution in [3.63, 3.8) is 0 Å². The predicted molar refractivity (Wildman–Crippen MR) is 63.0 cm³/mol. The van der Waals surface area contributed by atoms with Crippen LogP contribution >= 0.6 is 0 Å². The summed E-state index contributed by atoms with van der Waals surface area (Å²) in [5.74, 6) is 0.184. The van der Waals surface area contributed by atoms with Gasteiger partial charge in [0.25, 0.3) is 0 Å². The van der Waals surface area contributed by atoms with Crippen LogP contribution in [0, 0.1) is 10.1 Å². The van der Waals surface area contributed by atoms with Crippen LogP contribution in [0.25, 0.3) is 0 Å². The second-order valence-corrected chi connectivity index (χ2v) is 3.75. The third-order valence-corrected chi connectivity index (χ3v) is 2.08. The van der Waals surface area contributed by atoms with Crippen molar-refractivity contribution in [2.45, 2.75) is 19.6 Å². The van der Waals surface area contributed by atoms with Crippen LogP contribution in [0.3, 0.4) is 0 Å². The van der Waals surface area contributed by atoms with Crippen molar-refractivity contribution in [1.29, 1.82) is 0 Å². The number of nitro benzene ring substituents is 1. The Balaban J connectivity index is 2.94. The molecule has 1 atom stereocenters. The third kappa shape index (κ3) is 4.01. The van der Waals surface area contributed by atoms with E-state index in [0.29, 0.717) is 6.54 Å². The molecule has 0 radical (unpaired) electrons. The van der Waals surface area contributed by atoms with E-state index in [1.54, 1.807) is 26.1 Å². The number of hydrogen-bond donors (Lipinski definition) is 2. The number of nitrogens with zero attached hydrogens (tertiary/aromatic N) is 1. The smallest absolute Gasteiger partial charge is 0.310 e. The minimum absolute atomic E-state index is 0.0316. The van der Waals surface area contributed by atoms with E-state index in [4.69, 9.17) is 9.84 Å². The van der Waals surface area contributed by atoms with Crippen molar-refractivity contribution in [2.24, 2.45) is 0 Å². The minimum Gasteiger partial charge on any atom is -0.484 e. The molecule has 6 heteroatoms. The molecule has 17 heavy (non-hydrogen) atoms. The standard InChI is InChI=1S/C11H16N2O4/c1-8(14)7-17-11-5-9(6-12-2)3-4-10(11)13(15)16/h3-5,8,12,14H,6-7H2,1-2H3. The van der Waals surface area contributed by atoms with Crippen LogP contribution in [0.2, 0.25) is 0 Å². The molecule has 0 heterocycles. The van der Waals surface area contributed by atoms with E-state index in [1.807, 2.05) is 0 Å². The Labute approximate surface area is 99.4 Å². The van der Waals surface area contributed by atoms with Crippen LogP contribution in [-0.2, 0) is 6.54 Å². The lowest BCUT2D eigenvalue weighted by Gasteiger charge is -2.10. The average molecular weight is 240 g/mol. The lowest BCUT2D eigenvalue weighted by atomic mass is 10.2. The molecule has 1 unspecified atom stereocenters. The van der Waals surface area contributed by atoms with Gasteiger partial charge in [0.15, 0.2) is 5.75 Å². The zero-order valence-electron chi connectivity index (χ0n) is 9.84. The van der Waals surface area contributed by atoms with Gasteiger partial charge in [-0.05, 0) is 25.6 Å². The summed E-state index contributed by atoms with van der Waals surface area (Å²) in [5, 5.41) is 22.8. The lowest BCUT2D eigenvalue weighted by Crippen LogP contribution is -2.14. The van der Waals surface area contributed by atoms with E-state index >= 15 is 0 Å².